The number of rotatable bonds is 15. The van der Waals surface area contributed by atoms with Crippen LogP contribution in [0.2, 0.25) is 0 Å². The number of hydrogen-bond acceptors (Lipinski definition) is 0. The monoisotopic (exact) mass is 540 g/mol. The van der Waals surface area contributed by atoms with Gasteiger partial charge in [0, 0.05) is 0 Å². The first kappa shape index (κ1) is 35.4. The number of allylic oxidation sites excluding steroid dienone is 20. The zero-order chi connectivity index (χ0) is 30.0. The third-order valence-corrected chi connectivity index (χ3v) is 7.78. The Morgan fingerprint density at radius 1 is 0.650 bits per heavy atom. The summed E-state index contributed by atoms with van der Waals surface area (Å²) in [6.45, 7) is 22.5. The van der Waals surface area contributed by atoms with Gasteiger partial charge in [-0.1, -0.05) is 126 Å². The van der Waals surface area contributed by atoms with Crippen molar-refractivity contribution in [3.8, 4) is 0 Å². The van der Waals surface area contributed by atoms with Gasteiger partial charge in [0.1, 0.15) is 0 Å². The van der Waals surface area contributed by atoms with Gasteiger partial charge in [-0.05, 0) is 124 Å². The highest BCUT2D eigenvalue weighted by Crippen LogP contribution is 2.40. The first-order valence-electron chi connectivity index (χ1n) is 15.6. The standard InChI is InChI=1S/C40H60/c1-32(2)18-13-21-35(5)24-15-26-36(6)25-14-22-33(3)19-11-12-20-34(4)23-16-27-37(7)29-30-39-38(8)28-17-31-40(39,9)10/h11-12,16,18-20,23-25,27,29-30H,13-15,17,21-22,26,28,31H2,1-10H3/b12-11+,23-16+,30-29+,33-19+,34-20+,35-24+,36-25+,37-27+. The Labute approximate surface area is 249 Å². The molecule has 0 aliphatic heterocycles. The first-order valence-corrected chi connectivity index (χ1v) is 15.6. The molecule has 0 heterocycles. The van der Waals surface area contributed by atoms with Crippen molar-refractivity contribution >= 4 is 0 Å². The highest BCUT2D eigenvalue weighted by atomic mass is 14.3. The zero-order valence-corrected chi connectivity index (χ0v) is 27.8. The van der Waals surface area contributed by atoms with E-state index in [4.69, 9.17) is 0 Å². The molecule has 0 radical (unpaired) electrons. The van der Waals surface area contributed by atoms with Crippen LogP contribution in [0.1, 0.15) is 127 Å². The molecule has 0 spiro atoms. The van der Waals surface area contributed by atoms with E-state index in [9.17, 15) is 0 Å². The maximum atomic E-state index is 2.42. The van der Waals surface area contributed by atoms with Gasteiger partial charge in [0.2, 0.25) is 0 Å². The molecule has 1 aliphatic carbocycles. The van der Waals surface area contributed by atoms with Crippen LogP contribution in [0.25, 0.3) is 0 Å². The van der Waals surface area contributed by atoms with E-state index in [-0.39, 0.29) is 0 Å². The minimum atomic E-state index is 0.297. The zero-order valence-electron chi connectivity index (χ0n) is 27.8. The van der Waals surface area contributed by atoms with Crippen LogP contribution in [0.15, 0.2) is 117 Å². The molecule has 1 aliphatic rings. The predicted octanol–water partition coefficient (Wildman–Crippen LogP) is 13.2. The van der Waals surface area contributed by atoms with E-state index in [1.54, 1.807) is 5.57 Å². The average Bonchev–Trinajstić information content (AvgIpc) is 2.85. The van der Waals surface area contributed by atoms with E-state index in [0.717, 1.165) is 25.7 Å². The summed E-state index contributed by atoms with van der Waals surface area (Å²) < 4.78 is 0. The van der Waals surface area contributed by atoms with Gasteiger partial charge in [0.15, 0.2) is 0 Å². The van der Waals surface area contributed by atoms with Crippen molar-refractivity contribution in [2.75, 3.05) is 0 Å². The van der Waals surface area contributed by atoms with Gasteiger partial charge in [-0.2, -0.15) is 0 Å². The Kier molecular flexibility index (Phi) is 17.2. The van der Waals surface area contributed by atoms with E-state index >= 15 is 0 Å². The fraction of sp³-hybridized carbons (Fsp3) is 0.500. The molecule has 0 heteroatoms. The number of hydrogen-bond donors (Lipinski definition) is 0. The molecule has 0 bridgehead atoms. The third-order valence-electron chi connectivity index (χ3n) is 7.78. The molecule has 0 unspecified atom stereocenters. The van der Waals surface area contributed by atoms with Gasteiger partial charge in [0.05, 0.1) is 0 Å². The normalized spacial score (nSPS) is 18.1. The molecule has 0 aromatic heterocycles. The van der Waals surface area contributed by atoms with Crippen molar-refractivity contribution < 1.29 is 0 Å². The lowest BCUT2D eigenvalue weighted by atomic mass is 9.72. The second-order valence-electron chi connectivity index (χ2n) is 12.8. The maximum absolute atomic E-state index is 2.42. The molecule has 1 rings (SSSR count). The van der Waals surface area contributed by atoms with Crippen molar-refractivity contribution in [2.45, 2.75) is 127 Å². The Hall–Kier alpha value is -2.60. The van der Waals surface area contributed by atoms with Crippen LogP contribution in [0.3, 0.4) is 0 Å². The van der Waals surface area contributed by atoms with Gasteiger partial charge < -0.3 is 0 Å². The predicted molar refractivity (Wildman–Crippen MR) is 184 cm³/mol. The molecule has 0 N–H and O–H groups in total. The van der Waals surface area contributed by atoms with Crippen LogP contribution in [-0.2, 0) is 0 Å². The second kappa shape index (κ2) is 19.5. The lowest BCUT2D eigenvalue weighted by Crippen LogP contribution is -2.19. The Bertz CT molecular complexity index is 1090. The van der Waals surface area contributed by atoms with Crippen LogP contribution >= 0.6 is 0 Å². The highest BCUT2D eigenvalue weighted by Gasteiger charge is 2.26. The summed E-state index contributed by atoms with van der Waals surface area (Å²) in [5, 5.41) is 0. The van der Waals surface area contributed by atoms with Crippen molar-refractivity contribution in [1.82, 2.24) is 0 Å². The van der Waals surface area contributed by atoms with Crippen LogP contribution in [0, 0.1) is 5.41 Å². The van der Waals surface area contributed by atoms with Gasteiger partial charge in [-0.3, -0.25) is 0 Å². The van der Waals surface area contributed by atoms with Crippen LogP contribution in [0.5, 0.6) is 0 Å². The minimum Gasteiger partial charge on any atom is -0.0856 e. The SMILES string of the molecule is CC(C)=CCC/C(C)=C/CC/C(C)=C/CC/C(C)=C/C=C/C=C(C)/C=C/C=C(C)/C=C/C1=C(C)CCCC1(C)C. The van der Waals surface area contributed by atoms with Crippen molar-refractivity contribution in [1.29, 1.82) is 0 Å². The highest BCUT2D eigenvalue weighted by molar-refractivity contribution is 5.37. The maximum Gasteiger partial charge on any atom is -0.0104 e. The molecule has 220 valence electrons. The molecule has 0 aromatic carbocycles. The fourth-order valence-corrected chi connectivity index (χ4v) is 5.08. The summed E-state index contributed by atoms with van der Waals surface area (Å²) in [5.74, 6) is 0. The average molecular weight is 541 g/mol. The largest absolute Gasteiger partial charge is 0.0856 e. The molecule has 40 heavy (non-hydrogen) atoms. The quantitative estimate of drug-likeness (QED) is 0.143. The van der Waals surface area contributed by atoms with Crippen molar-refractivity contribution in [3.05, 3.63) is 117 Å². The Morgan fingerprint density at radius 2 is 1.18 bits per heavy atom. The van der Waals surface area contributed by atoms with E-state index < -0.39 is 0 Å². The molecule has 0 amide bonds. The Morgan fingerprint density at radius 3 is 1.77 bits per heavy atom. The smallest absolute Gasteiger partial charge is 0.0104 e. The van der Waals surface area contributed by atoms with Crippen LogP contribution in [-0.4, -0.2) is 0 Å². The topological polar surface area (TPSA) is 0 Å². The van der Waals surface area contributed by atoms with E-state index in [2.05, 4.69) is 142 Å². The summed E-state index contributed by atoms with van der Waals surface area (Å²) in [6, 6.07) is 0. The first-order chi connectivity index (χ1) is 18.9. The fourth-order valence-electron chi connectivity index (χ4n) is 5.08. The lowest BCUT2D eigenvalue weighted by Gasteiger charge is -2.32. The third kappa shape index (κ3) is 16.5. The molecule has 0 saturated heterocycles. The summed E-state index contributed by atoms with van der Waals surface area (Å²) in [6.07, 6.45) is 37.8. The van der Waals surface area contributed by atoms with Crippen LogP contribution < -0.4 is 0 Å². The van der Waals surface area contributed by atoms with E-state index in [0.29, 0.717) is 5.41 Å². The minimum absolute atomic E-state index is 0.297. The molecule has 0 saturated carbocycles. The summed E-state index contributed by atoms with van der Waals surface area (Å²) >= 11 is 0. The molecule has 0 fully saturated rings. The van der Waals surface area contributed by atoms with Gasteiger partial charge in [0.25, 0.3) is 0 Å². The van der Waals surface area contributed by atoms with Gasteiger partial charge >= 0.3 is 0 Å². The van der Waals surface area contributed by atoms with Crippen LogP contribution in [0.4, 0.5) is 0 Å². The summed E-state index contributed by atoms with van der Waals surface area (Å²) in [4.78, 5) is 0. The molecular formula is C40H60. The van der Waals surface area contributed by atoms with Gasteiger partial charge in [-0.15, -0.1) is 0 Å². The molecule has 0 nitrogen and oxygen atoms in total. The lowest BCUT2D eigenvalue weighted by molar-refractivity contribution is 0.377. The van der Waals surface area contributed by atoms with E-state index in [1.165, 1.54) is 71.1 Å². The molecule has 0 aromatic rings. The summed E-state index contributed by atoms with van der Waals surface area (Å²) in [7, 11) is 0. The summed E-state index contributed by atoms with van der Waals surface area (Å²) in [5.41, 5.74) is 11.8. The van der Waals surface area contributed by atoms with E-state index in [1.807, 2.05) is 0 Å². The second-order valence-corrected chi connectivity index (χ2v) is 12.8. The molecular weight excluding hydrogens is 480 g/mol. The van der Waals surface area contributed by atoms with Gasteiger partial charge in [-0.25, -0.2) is 0 Å². The molecule has 0 atom stereocenters. The Balaban J connectivity index is 2.45. The van der Waals surface area contributed by atoms with Crippen molar-refractivity contribution in [2.24, 2.45) is 5.41 Å². The van der Waals surface area contributed by atoms with Crippen molar-refractivity contribution in [3.63, 3.8) is 0 Å².